The molecule has 1 rings (SSSR count). The van der Waals surface area contributed by atoms with Crippen molar-refractivity contribution < 1.29 is 4.43 Å². The number of allylic oxidation sites excluding steroid dienone is 1. The molecule has 0 aliphatic heterocycles. The minimum atomic E-state index is -1.99. The van der Waals surface area contributed by atoms with Gasteiger partial charge in [0.15, 0.2) is 0 Å². The maximum atomic E-state index is 6.50. The lowest BCUT2D eigenvalue weighted by molar-refractivity contribution is 0.351. The molecule has 84 valence electrons. The molecule has 0 radical (unpaired) electrons. The fraction of sp³-hybridized carbons (Fsp3) is 0.667. The SMILES string of the molecule is C#CC(C)=CCO[Si](C)(Cl)C1CCCC1. The molecule has 0 aromatic rings. The minimum absolute atomic E-state index is 0.568. The predicted octanol–water partition coefficient (Wildman–Crippen LogP) is 3.84. The van der Waals surface area contributed by atoms with Crippen LogP contribution in [0.4, 0.5) is 0 Å². The maximum Gasteiger partial charge on any atom is 0.290 e. The highest BCUT2D eigenvalue weighted by atomic mass is 35.6. The third-order valence-electron chi connectivity index (χ3n) is 3.07. The molecule has 1 fully saturated rings. The van der Waals surface area contributed by atoms with Crippen LogP contribution in [0.5, 0.6) is 0 Å². The molecule has 0 aromatic carbocycles. The standard InChI is InChI=1S/C12H19ClOSi/c1-4-11(2)9-10-14-15(3,13)12-7-5-6-8-12/h1,9,12H,5-8,10H2,2-3H3. The Bertz CT molecular complexity index is 272. The summed E-state index contributed by atoms with van der Waals surface area (Å²) in [6, 6.07) is 0. The summed E-state index contributed by atoms with van der Waals surface area (Å²) in [5.41, 5.74) is 1.54. The molecule has 1 aliphatic carbocycles. The monoisotopic (exact) mass is 242 g/mol. The van der Waals surface area contributed by atoms with Crippen molar-refractivity contribution in [1.82, 2.24) is 0 Å². The van der Waals surface area contributed by atoms with Crippen LogP contribution in [-0.4, -0.2) is 14.2 Å². The number of hydrogen-bond donors (Lipinski definition) is 0. The molecule has 0 N–H and O–H groups in total. The van der Waals surface area contributed by atoms with Crippen molar-refractivity contribution in [2.24, 2.45) is 0 Å². The van der Waals surface area contributed by atoms with Gasteiger partial charge in [0.05, 0.1) is 6.61 Å². The van der Waals surface area contributed by atoms with Crippen LogP contribution >= 0.6 is 11.1 Å². The lowest BCUT2D eigenvalue weighted by Gasteiger charge is -2.25. The van der Waals surface area contributed by atoms with E-state index < -0.39 is 7.63 Å². The van der Waals surface area contributed by atoms with Gasteiger partial charge in [0.1, 0.15) is 0 Å². The van der Waals surface area contributed by atoms with Crippen molar-refractivity contribution in [2.45, 2.75) is 44.7 Å². The smallest absolute Gasteiger partial charge is 0.290 e. The van der Waals surface area contributed by atoms with E-state index in [1.807, 2.05) is 13.0 Å². The van der Waals surface area contributed by atoms with Crippen molar-refractivity contribution in [3.63, 3.8) is 0 Å². The number of hydrogen-bond acceptors (Lipinski definition) is 1. The molecule has 0 bridgehead atoms. The van der Waals surface area contributed by atoms with Crippen molar-refractivity contribution in [3.8, 4) is 12.3 Å². The van der Waals surface area contributed by atoms with E-state index in [9.17, 15) is 0 Å². The topological polar surface area (TPSA) is 9.23 Å². The molecule has 1 unspecified atom stereocenters. The molecule has 0 saturated heterocycles. The molecular formula is C12H19ClOSi. The Morgan fingerprint density at radius 3 is 2.73 bits per heavy atom. The summed E-state index contributed by atoms with van der Waals surface area (Å²) in [5.74, 6) is 2.57. The largest absolute Gasteiger partial charge is 0.399 e. The quantitative estimate of drug-likeness (QED) is 0.414. The van der Waals surface area contributed by atoms with E-state index in [0.29, 0.717) is 12.1 Å². The first kappa shape index (κ1) is 12.8. The highest BCUT2D eigenvalue weighted by Crippen LogP contribution is 2.40. The Morgan fingerprint density at radius 1 is 1.60 bits per heavy atom. The molecule has 15 heavy (non-hydrogen) atoms. The van der Waals surface area contributed by atoms with Crippen LogP contribution in [0.3, 0.4) is 0 Å². The van der Waals surface area contributed by atoms with Crippen molar-refractivity contribution >= 4 is 18.7 Å². The van der Waals surface area contributed by atoms with Crippen LogP contribution in [0.15, 0.2) is 11.6 Å². The van der Waals surface area contributed by atoms with Gasteiger partial charge < -0.3 is 4.43 Å². The van der Waals surface area contributed by atoms with Crippen molar-refractivity contribution in [2.75, 3.05) is 6.61 Å². The van der Waals surface area contributed by atoms with Crippen LogP contribution in [-0.2, 0) is 4.43 Å². The Labute approximate surface area is 98.7 Å². The van der Waals surface area contributed by atoms with Crippen molar-refractivity contribution in [1.29, 1.82) is 0 Å². The molecule has 1 aliphatic rings. The number of rotatable bonds is 4. The molecule has 0 aromatic heterocycles. The Hall–Kier alpha value is -0.233. The second-order valence-electron chi connectivity index (χ2n) is 4.31. The molecule has 0 spiro atoms. The molecule has 3 heteroatoms. The summed E-state index contributed by atoms with van der Waals surface area (Å²) in [7, 11) is -1.99. The second kappa shape index (κ2) is 5.74. The van der Waals surface area contributed by atoms with Crippen LogP contribution in [0.2, 0.25) is 12.1 Å². The fourth-order valence-corrected chi connectivity index (χ4v) is 4.88. The zero-order chi connectivity index (χ0) is 11.3. The average molecular weight is 243 g/mol. The predicted molar refractivity (Wildman–Crippen MR) is 68.2 cm³/mol. The first-order valence-corrected chi connectivity index (χ1v) is 9.02. The zero-order valence-corrected chi connectivity index (χ0v) is 11.3. The first-order chi connectivity index (χ1) is 7.06. The summed E-state index contributed by atoms with van der Waals surface area (Å²) >= 11 is 6.50. The molecule has 1 nitrogen and oxygen atoms in total. The van der Waals surface area contributed by atoms with Gasteiger partial charge in [0, 0.05) is 0 Å². The van der Waals surface area contributed by atoms with Crippen LogP contribution in [0.25, 0.3) is 0 Å². The van der Waals surface area contributed by atoms with Gasteiger partial charge in [-0.1, -0.05) is 18.8 Å². The van der Waals surface area contributed by atoms with Gasteiger partial charge in [0.25, 0.3) is 7.63 Å². The Morgan fingerprint density at radius 2 is 2.20 bits per heavy atom. The van der Waals surface area contributed by atoms with E-state index in [0.717, 1.165) is 5.57 Å². The lowest BCUT2D eigenvalue weighted by Crippen LogP contribution is -2.32. The van der Waals surface area contributed by atoms with E-state index in [1.54, 1.807) is 0 Å². The third-order valence-corrected chi connectivity index (χ3v) is 7.09. The average Bonchev–Trinajstić information content (AvgIpc) is 2.70. The van der Waals surface area contributed by atoms with Gasteiger partial charge >= 0.3 is 0 Å². The molecule has 1 saturated carbocycles. The van der Waals surface area contributed by atoms with Crippen LogP contribution in [0, 0.1) is 12.3 Å². The lowest BCUT2D eigenvalue weighted by atomic mass is 10.3. The van der Waals surface area contributed by atoms with Gasteiger partial charge in [0.2, 0.25) is 0 Å². The highest BCUT2D eigenvalue weighted by Gasteiger charge is 2.38. The second-order valence-corrected chi connectivity index (χ2v) is 9.64. The van der Waals surface area contributed by atoms with Crippen molar-refractivity contribution in [3.05, 3.63) is 11.6 Å². The summed E-state index contributed by atoms with van der Waals surface area (Å²) in [5, 5.41) is 0. The normalized spacial score (nSPS) is 22.4. The van der Waals surface area contributed by atoms with Gasteiger partial charge in [-0.15, -0.1) is 17.5 Å². The first-order valence-electron chi connectivity index (χ1n) is 5.52. The maximum absolute atomic E-state index is 6.50. The zero-order valence-electron chi connectivity index (χ0n) is 9.55. The van der Waals surface area contributed by atoms with Crippen LogP contribution < -0.4 is 0 Å². The summed E-state index contributed by atoms with van der Waals surface area (Å²) in [6.45, 7) is 4.58. The van der Waals surface area contributed by atoms with Gasteiger partial charge in [-0.25, -0.2) is 0 Å². The summed E-state index contributed by atoms with van der Waals surface area (Å²) < 4.78 is 5.82. The van der Waals surface area contributed by atoms with Crippen LogP contribution in [0.1, 0.15) is 32.6 Å². The molecular weight excluding hydrogens is 224 g/mol. The van der Waals surface area contributed by atoms with Gasteiger partial charge in [-0.2, -0.15) is 0 Å². The summed E-state index contributed by atoms with van der Waals surface area (Å²) in [6.07, 6.45) is 12.3. The number of halogens is 1. The molecule has 0 amide bonds. The van der Waals surface area contributed by atoms with Gasteiger partial charge in [-0.05, 0) is 43.5 Å². The molecule has 0 heterocycles. The minimum Gasteiger partial charge on any atom is -0.399 e. The summed E-state index contributed by atoms with van der Waals surface area (Å²) in [4.78, 5) is 0. The van der Waals surface area contributed by atoms with E-state index in [4.69, 9.17) is 21.9 Å². The van der Waals surface area contributed by atoms with E-state index in [1.165, 1.54) is 25.7 Å². The fourth-order valence-electron chi connectivity index (χ4n) is 1.95. The number of terminal acetylenes is 1. The van der Waals surface area contributed by atoms with E-state index in [-0.39, 0.29) is 0 Å². The van der Waals surface area contributed by atoms with Gasteiger partial charge in [-0.3, -0.25) is 0 Å². The highest BCUT2D eigenvalue weighted by molar-refractivity contribution is 7.16. The third kappa shape index (κ3) is 4.02. The van der Waals surface area contributed by atoms with E-state index >= 15 is 0 Å². The Balaban J connectivity index is 2.39. The Kier molecular flexibility index (Phi) is 4.91. The molecule has 1 atom stereocenters. The van der Waals surface area contributed by atoms with E-state index in [2.05, 4.69) is 12.5 Å².